The van der Waals surface area contributed by atoms with E-state index in [1.807, 2.05) is 0 Å². The largest absolute Gasteiger partial charge is 0.0795 e. The molecular formula is C12H13Br. The first-order valence-electron chi connectivity index (χ1n) is 4.79. The van der Waals surface area contributed by atoms with Crippen molar-refractivity contribution in [3.63, 3.8) is 0 Å². The maximum Gasteiger partial charge on any atom is 0.0248 e. The lowest BCUT2D eigenvalue weighted by Crippen LogP contribution is -1.91. The van der Waals surface area contributed by atoms with E-state index in [1.54, 1.807) is 0 Å². The number of aryl methyl sites for hydroxylation is 1. The van der Waals surface area contributed by atoms with Gasteiger partial charge in [-0.15, -0.1) is 0 Å². The summed E-state index contributed by atoms with van der Waals surface area (Å²) in [5, 5.41) is 0. The summed E-state index contributed by atoms with van der Waals surface area (Å²) in [5.74, 6) is 0. The highest BCUT2D eigenvalue weighted by Gasteiger charge is 2.11. The Morgan fingerprint density at radius 3 is 3.00 bits per heavy atom. The van der Waals surface area contributed by atoms with Crippen molar-refractivity contribution in [3.8, 4) is 0 Å². The minimum atomic E-state index is 1.09. The minimum absolute atomic E-state index is 1.09. The third kappa shape index (κ3) is 1.58. The Balaban J connectivity index is 2.43. The molecular weight excluding hydrogens is 224 g/mol. The lowest BCUT2D eigenvalue weighted by atomic mass is 10.0. The van der Waals surface area contributed by atoms with Crippen LogP contribution in [-0.2, 0) is 12.8 Å². The van der Waals surface area contributed by atoms with Crippen molar-refractivity contribution in [2.24, 2.45) is 0 Å². The van der Waals surface area contributed by atoms with Crippen LogP contribution in [0.2, 0.25) is 0 Å². The molecule has 13 heavy (non-hydrogen) atoms. The highest BCUT2D eigenvalue weighted by molar-refractivity contribution is 9.10. The molecule has 0 saturated heterocycles. The van der Waals surface area contributed by atoms with Crippen LogP contribution in [0.5, 0.6) is 0 Å². The number of fused-ring (bicyclic) bond motifs is 1. The minimum Gasteiger partial charge on any atom is -0.0795 e. The molecule has 0 bridgehead atoms. The van der Waals surface area contributed by atoms with Gasteiger partial charge in [0.2, 0.25) is 0 Å². The van der Waals surface area contributed by atoms with Gasteiger partial charge in [0.05, 0.1) is 0 Å². The summed E-state index contributed by atoms with van der Waals surface area (Å²) in [5.41, 5.74) is 4.29. The van der Waals surface area contributed by atoms with Gasteiger partial charge in [-0.1, -0.05) is 53.6 Å². The van der Waals surface area contributed by atoms with E-state index in [0.29, 0.717) is 0 Å². The third-order valence-electron chi connectivity index (χ3n) is 2.50. The predicted octanol–water partition coefficient (Wildman–Crippen LogP) is 3.97. The molecule has 1 aromatic rings. The van der Waals surface area contributed by atoms with E-state index in [4.69, 9.17) is 0 Å². The summed E-state index contributed by atoms with van der Waals surface area (Å²) in [6.45, 7) is 2.22. The summed E-state index contributed by atoms with van der Waals surface area (Å²) < 4.78 is 1.33. The SMILES string of the molecule is CCCc1ccc2c(c1Br)CC=C2. The smallest absolute Gasteiger partial charge is 0.0248 e. The van der Waals surface area contributed by atoms with Crippen molar-refractivity contribution >= 4 is 22.0 Å². The van der Waals surface area contributed by atoms with Gasteiger partial charge in [-0.3, -0.25) is 0 Å². The molecule has 0 aromatic heterocycles. The summed E-state index contributed by atoms with van der Waals surface area (Å²) >= 11 is 3.69. The number of hydrogen-bond donors (Lipinski definition) is 0. The second-order valence-corrected chi connectivity index (χ2v) is 4.26. The summed E-state index contributed by atoms with van der Waals surface area (Å²) in [6, 6.07) is 4.47. The molecule has 0 radical (unpaired) electrons. The zero-order chi connectivity index (χ0) is 9.26. The van der Waals surface area contributed by atoms with Crippen LogP contribution in [0.1, 0.15) is 30.0 Å². The van der Waals surface area contributed by atoms with Crippen LogP contribution in [0, 0.1) is 0 Å². The first-order valence-corrected chi connectivity index (χ1v) is 5.59. The summed E-state index contributed by atoms with van der Waals surface area (Å²) in [7, 11) is 0. The van der Waals surface area contributed by atoms with Gasteiger partial charge in [-0.2, -0.15) is 0 Å². The van der Waals surface area contributed by atoms with Gasteiger partial charge in [-0.05, 0) is 29.5 Å². The van der Waals surface area contributed by atoms with Crippen LogP contribution in [0.15, 0.2) is 22.7 Å². The van der Waals surface area contributed by atoms with Crippen LogP contribution in [0.4, 0.5) is 0 Å². The molecule has 1 aliphatic rings. The van der Waals surface area contributed by atoms with Gasteiger partial charge >= 0.3 is 0 Å². The normalized spacial score (nSPS) is 13.4. The zero-order valence-electron chi connectivity index (χ0n) is 7.81. The lowest BCUT2D eigenvalue weighted by Gasteiger charge is -2.08. The van der Waals surface area contributed by atoms with Gasteiger partial charge in [0.15, 0.2) is 0 Å². The van der Waals surface area contributed by atoms with Crippen LogP contribution in [-0.4, -0.2) is 0 Å². The molecule has 0 atom stereocenters. The molecule has 0 nitrogen and oxygen atoms in total. The molecule has 2 rings (SSSR count). The van der Waals surface area contributed by atoms with Gasteiger partial charge in [0.25, 0.3) is 0 Å². The fraction of sp³-hybridized carbons (Fsp3) is 0.333. The Kier molecular flexibility index (Phi) is 2.54. The van der Waals surface area contributed by atoms with Crippen LogP contribution >= 0.6 is 15.9 Å². The van der Waals surface area contributed by atoms with Crippen molar-refractivity contribution in [2.75, 3.05) is 0 Å². The quantitative estimate of drug-likeness (QED) is 0.730. The number of benzene rings is 1. The molecule has 1 aliphatic carbocycles. The monoisotopic (exact) mass is 236 g/mol. The second-order valence-electron chi connectivity index (χ2n) is 3.46. The molecule has 0 saturated carbocycles. The van der Waals surface area contributed by atoms with E-state index < -0.39 is 0 Å². The number of hydrogen-bond acceptors (Lipinski definition) is 0. The van der Waals surface area contributed by atoms with E-state index in [-0.39, 0.29) is 0 Å². The Bertz CT molecular complexity index is 350. The molecule has 0 fully saturated rings. The highest BCUT2D eigenvalue weighted by atomic mass is 79.9. The molecule has 0 unspecified atom stereocenters. The van der Waals surface area contributed by atoms with Gasteiger partial charge in [0.1, 0.15) is 0 Å². The van der Waals surface area contributed by atoms with Crippen molar-refractivity contribution in [1.82, 2.24) is 0 Å². The Hall–Kier alpha value is -0.560. The topological polar surface area (TPSA) is 0 Å². The highest BCUT2D eigenvalue weighted by Crippen LogP contribution is 2.30. The Morgan fingerprint density at radius 2 is 2.23 bits per heavy atom. The second kappa shape index (κ2) is 3.67. The first-order chi connectivity index (χ1) is 6.33. The number of halogens is 1. The average Bonchev–Trinajstić information content (AvgIpc) is 2.58. The molecule has 68 valence electrons. The van der Waals surface area contributed by atoms with E-state index >= 15 is 0 Å². The summed E-state index contributed by atoms with van der Waals surface area (Å²) in [4.78, 5) is 0. The molecule has 0 aliphatic heterocycles. The molecule has 0 heterocycles. The van der Waals surface area contributed by atoms with Crippen molar-refractivity contribution in [1.29, 1.82) is 0 Å². The maximum absolute atomic E-state index is 3.69. The van der Waals surface area contributed by atoms with Crippen molar-refractivity contribution < 1.29 is 0 Å². The van der Waals surface area contributed by atoms with E-state index in [2.05, 4.69) is 47.1 Å². The standard InChI is InChI=1S/C12H13Br/c1-2-4-10-8-7-9-5-3-6-11(9)12(10)13/h3,5,7-8H,2,4,6H2,1H3. The number of rotatable bonds is 2. The molecule has 1 heteroatoms. The Morgan fingerprint density at radius 1 is 1.38 bits per heavy atom. The predicted molar refractivity (Wildman–Crippen MR) is 60.9 cm³/mol. The fourth-order valence-electron chi connectivity index (χ4n) is 1.81. The van der Waals surface area contributed by atoms with Crippen molar-refractivity contribution in [3.05, 3.63) is 39.4 Å². The average molecular weight is 237 g/mol. The van der Waals surface area contributed by atoms with Crippen molar-refractivity contribution in [2.45, 2.75) is 26.2 Å². The Labute approximate surface area is 87.8 Å². The molecule has 0 N–H and O–H groups in total. The van der Waals surface area contributed by atoms with E-state index in [0.717, 1.165) is 6.42 Å². The van der Waals surface area contributed by atoms with Gasteiger partial charge in [0, 0.05) is 4.47 Å². The van der Waals surface area contributed by atoms with Crippen LogP contribution in [0.3, 0.4) is 0 Å². The van der Waals surface area contributed by atoms with E-state index in [1.165, 1.54) is 34.0 Å². The fourth-order valence-corrected chi connectivity index (χ4v) is 2.54. The first kappa shape index (κ1) is 9.01. The number of allylic oxidation sites excluding steroid dienone is 1. The lowest BCUT2D eigenvalue weighted by molar-refractivity contribution is 0.913. The summed E-state index contributed by atoms with van der Waals surface area (Å²) in [6.07, 6.45) is 7.91. The van der Waals surface area contributed by atoms with Crippen LogP contribution < -0.4 is 0 Å². The van der Waals surface area contributed by atoms with Gasteiger partial charge < -0.3 is 0 Å². The molecule has 0 spiro atoms. The zero-order valence-corrected chi connectivity index (χ0v) is 9.39. The molecule has 0 amide bonds. The molecule has 1 aromatic carbocycles. The third-order valence-corrected chi connectivity index (χ3v) is 3.49. The maximum atomic E-state index is 3.69. The van der Waals surface area contributed by atoms with E-state index in [9.17, 15) is 0 Å². The van der Waals surface area contributed by atoms with Crippen LogP contribution in [0.25, 0.3) is 6.08 Å². The van der Waals surface area contributed by atoms with Gasteiger partial charge in [-0.25, -0.2) is 0 Å².